The molecule has 1 unspecified atom stereocenters. The second-order valence-electron chi connectivity index (χ2n) is 5.88. The van der Waals surface area contributed by atoms with Gasteiger partial charge < -0.3 is 10.0 Å². The molecule has 1 saturated heterocycles. The number of nitrogens with zero attached hydrogens (tertiary/aromatic N) is 3. The SMILES string of the molecule is Cc1cc(C(=O)N2CCCC(C(=O)O)C2)ccc1-n1cccn1. The molecule has 1 aromatic heterocycles. The largest absolute Gasteiger partial charge is 0.481 e. The number of carbonyl (C=O) groups excluding carboxylic acids is 1. The molecule has 120 valence electrons. The molecule has 6 heteroatoms. The number of piperidine rings is 1. The third-order valence-electron chi connectivity index (χ3n) is 4.25. The quantitative estimate of drug-likeness (QED) is 0.942. The van der Waals surface area contributed by atoms with Crippen LogP contribution in [0.3, 0.4) is 0 Å². The molecular weight excluding hydrogens is 294 g/mol. The Balaban J connectivity index is 1.80. The van der Waals surface area contributed by atoms with Crippen molar-refractivity contribution in [1.29, 1.82) is 0 Å². The predicted molar refractivity (Wildman–Crippen MR) is 84.6 cm³/mol. The second kappa shape index (κ2) is 6.24. The van der Waals surface area contributed by atoms with Gasteiger partial charge in [0.15, 0.2) is 0 Å². The molecule has 1 aliphatic rings. The molecule has 3 rings (SSSR count). The lowest BCUT2D eigenvalue weighted by Gasteiger charge is -2.30. The highest BCUT2D eigenvalue weighted by Gasteiger charge is 2.28. The van der Waals surface area contributed by atoms with E-state index in [9.17, 15) is 9.59 Å². The van der Waals surface area contributed by atoms with E-state index < -0.39 is 11.9 Å². The van der Waals surface area contributed by atoms with Crippen molar-refractivity contribution in [1.82, 2.24) is 14.7 Å². The number of aromatic nitrogens is 2. The monoisotopic (exact) mass is 313 g/mol. The van der Waals surface area contributed by atoms with Crippen molar-refractivity contribution in [2.45, 2.75) is 19.8 Å². The Morgan fingerprint density at radius 1 is 1.35 bits per heavy atom. The highest BCUT2D eigenvalue weighted by atomic mass is 16.4. The Morgan fingerprint density at radius 3 is 2.83 bits per heavy atom. The number of likely N-dealkylation sites (tertiary alicyclic amines) is 1. The summed E-state index contributed by atoms with van der Waals surface area (Å²) in [6, 6.07) is 7.33. The van der Waals surface area contributed by atoms with Crippen molar-refractivity contribution in [2.75, 3.05) is 13.1 Å². The van der Waals surface area contributed by atoms with Crippen LogP contribution in [0.2, 0.25) is 0 Å². The molecule has 0 radical (unpaired) electrons. The van der Waals surface area contributed by atoms with Gasteiger partial charge in [-0.1, -0.05) is 0 Å². The van der Waals surface area contributed by atoms with Gasteiger partial charge in [0.2, 0.25) is 0 Å². The van der Waals surface area contributed by atoms with Crippen molar-refractivity contribution in [3.05, 3.63) is 47.8 Å². The zero-order valence-electron chi connectivity index (χ0n) is 13.0. The van der Waals surface area contributed by atoms with Crippen LogP contribution in [-0.4, -0.2) is 44.8 Å². The minimum atomic E-state index is -0.826. The first kappa shape index (κ1) is 15.3. The maximum absolute atomic E-state index is 12.6. The summed E-state index contributed by atoms with van der Waals surface area (Å²) in [4.78, 5) is 25.4. The smallest absolute Gasteiger partial charge is 0.308 e. The number of rotatable bonds is 3. The number of amides is 1. The number of aliphatic carboxylic acids is 1. The molecule has 1 N–H and O–H groups in total. The Bertz CT molecular complexity index is 725. The molecular formula is C17H19N3O3. The van der Waals surface area contributed by atoms with E-state index in [-0.39, 0.29) is 12.5 Å². The van der Waals surface area contributed by atoms with E-state index in [1.165, 1.54) is 0 Å². The van der Waals surface area contributed by atoms with Crippen LogP contribution >= 0.6 is 0 Å². The molecule has 0 bridgehead atoms. The Hall–Kier alpha value is -2.63. The lowest BCUT2D eigenvalue weighted by molar-refractivity contribution is -0.143. The van der Waals surface area contributed by atoms with Crippen LogP contribution in [-0.2, 0) is 4.79 Å². The lowest BCUT2D eigenvalue weighted by atomic mass is 9.97. The van der Waals surface area contributed by atoms with Crippen LogP contribution < -0.4 is 0 Å². The van der Waals surface area contributed by atoms with E-state index in [1.54, 1.807) is 21.8 Å². The minimum absolute atomic E-state index is 0.105. The molecule has 23 heavy (non-hydrogen) atoms. The van der Waals surface area contributed by atoms with Gasteiger partial charge in [-0.3, -0.25) is 9.59 Å². The molecule has 0 saturated carbocycles. The molecule has 1 atom stereocenters. The Labute approximate surface area is 134 Å². The van der Waals surface area contributed by atoms with E-state index in [1.807, 2.05) is 31.3 Å². The van der Waals surface area contributed by atoms with Crippen LogP contribution in [0.25, 0.3) is 5.69 Å². The number of hydrogen-bond donors (Lipinski definition) is 1. The number of aryl methyl sites for hydroxylation is 1. The topological polar surface area (TPSA) is 75.4 Å². The van der Waals surface area contributed by atoms with Gasteiger partial charge >= 0.3 is 5.97 Å². The third kappa shape index (κ3) is 3.11. The summed E-state index contributed by atoms with van der Waals surface area (Å²) in [7, 11) is 0. The lowest BCUT2D eigenvalue weighted by Crippen LogP contribution is -2.42. The first-order valence-electron chi connectivity index (χ1n) is 7.69. The van der Waals surface area contributed by atoms with Crippen molar-refractivity contribution >= 4 is 11.9 Å². The Morgan fingerprint density at radius 2 is 2.17 bits per heavy atom. The van der Waals surface area contributed by atoms with Crippen LogP contribution in [0.5, 0.6) is 0 Å². The van der Waals surface area contributed by atoms with Crippen LogP contribution in [0, 0.1) is 12.8 Å². The number of carboxylic acids is 1. The fourth-order valence-corrected chi connectivity index (χ4v) is 3.00. The van der Waals surface area contributed by atoms with Crippen molar-refractivity contribution < 1.29 is 14.7 Å². The van der Waals surface area contributed by atoms with E-state index in [0.29, 0.717) is 18.5 Å². The molecule has 1 fully saturated rings. The second-order valence-corrected chi connectivity index (χ2v) is 5.88. The first-order valence-corrected chi connectivity index (χ1v) is 7.69. The van der Waals surface area contributed by atoms with Gasteiger partial charge in [-0.25, -0.2) is 4.68 Å². The number of carboxylic acid groups (broad SMARTS) is 1. The van der Waals surface area contributed by atoms with Gasteiger partial charge in [-0.05, 0) is 49.6 Å². The fourth-order valence-electron chi connectivity index (χ4n) is 3.00. The normalized spacial score (nSPS) is 18.0. The fraction of sp³-hybridized carbons (Fsp3) is 0.353. The predicted octanol–water partition coefficient (Wildman–Crippen LogP) is 2.12. The molecule has 2 aromatic rings. The zero-order valence-corrected chi connectivity index (χ0v) is 13.0. The number of hydrogen-bond acceptors (Lipinski definition) is 3. The van der Waals surface area contributed by atoms with Crippen molar-refractivity contribution in [3.8, 4) is 5.69 Å². The summed E-state index contributed by atoms with van der Waals surface area (Å²) >= 11 is 0. The molecule has 0 aliphatic carbocycles. The highest BCUT2D eigenvalue weighted by molar-refractivity contribution is 5.95. The van der Waals surface area contributed by atoms with E-state index in [4.69, 9.17) is 5.11 Å². The van der Waals surface area contributed by atoms with Gasteiger partial charge in [-0.2, -0.15) is 5.10 Å². The maximum atomic E-state index is 12.6. The molecule has 1 amide bonds. The summed E-state index contributed by atoms with van der Waals surface area (Å²) in [5.74, 6) is -1.39. The van der Waals surface area contributed by atoms with Gasteiger partial charge in [-0.15, -0.1) is 0 Å². The summed E-state index contributed by atoms with van der Waals surface area (Å²) in [6.07, 6.45) is 4.92. The van der Waals surface area contributed by atoms with E-state index in [0.717, 1.165) is 17.7 Å². The average molecular weight is 313 g/mol. The summed E-state index contributed by atoms with van der Waals surface area (Å²) in [5.41, 5.74) is 2.46. The molecule has 1 aromatic carbocycles. The third-order valence-corrected chi connectivity index (χ3v) is 4.25. The number of carbonyl (C=O) groups is 2. The van der Waals surface area contributed by atoms with E-state index >= 15 is 0 Å². The maximum Gasteiger partial charge on any atom is 0.308 e. The van der Waals surface area contributed by atoms with Crippen molar-refractivity contribution in [2.24, 2.45) is 5.92 Å². The molecule has 0 spiro atoms. The van der Waals surface area contributed by atoms with Gasteiger partial charge in [0.25, 0.3) is 5.91 Å². The van der Waals surface area contributed by atoms with Gasteiger partial charge in [0, 0.05) is 31.0 Å². The number of benzene rings is 1. The minimum Gasteiger partial charge on any atom is -0.481 e. The highest BCUT2D eigenvalue weighted by Crippen LogP contribution is 2.21. The molecule has 2 heterocycles. The van der Waals surface area contributed by atoms with Crippen molar-refractivity contribution in [3.63, 3.8) is 0 Å². The van der Waals surface area contributed by atoms with Crippen LogP contribution in [0.15, 0.2) is 36.7 Å². The molecule has 6 nitrogen and oxygen atoms in total. The first-order chi connectivity index (χ1) is 11.1. The van der Waals surface area contributed by atoms with Gasteiger partial charge in [0.1, 0.15) is 0 Å². The van der Waals surface area contributed by atoms with Crippen LogP contribution in [0.4, 0.5) is 0 Å². The van der Waals surface area contributed by atoms with Crippen LogP contribution in [0.1, 0.15) is 28.8 Å². The zero-order chi connectivity index (χ0) is 16.4. The van der Waals surface area contributed by atoms with Gasteiger partial charge in [0.05, 0.1) is 11.6 Å². The molecule has 1 aliphatic heterocycles. The average Bonchev–Trinajstić information content (AvgIpc) is 3.08. The summed E-state index contributed by atoms with van der Waals surface area (Å²) in [5, 5.41) is 13.3. The summed E-state index contributed by atoms with van der Waals surface area (Å²) < 4.78 is 1.75. The Kier molecular flexibility index (Phi) is 4.14. The summed E-state index contributed by atoms with van der Waals surface area (Å²) in [6.45, 7) is 2.83. The standard InChI is InChI=1S/C17H19N3O3/c1-12-10-13(5-6-15(12)20-9-3-7-18-20)16(21)19-8-2-4-14(11-19)17(22)23/h3,5-7,9-10,14H,2,4,8,11H2,1H3,(H,22,23). The van der Waals surface area contributed by atoms with E-state index in [2.05, 4.69) is 5.10 Å².